The van der Waals surface area contributed by atoms with Crippen molar-refractivity contribution in [1.82, 2.24) is 0 Å². The fraction of sp³-hybridized carbons (Fsp3) is 0.750. The van der Waals surface area contributed by atoms with Gasteiger partial charge in [0.25, 0.3) is 0 Å². The van der Waals surface area contributed by atoms with Gasteiger partial charge in [-0.3, -0.25) is 0 Å². The number of hydrogen-bond acceptors (Lipinski definition) is 1. The molecule has 0 heterocycles. The second-order valence-electron chi connectivity index (χ2n) is 2.27. The van der Waals surface area contributed by atoms with Crippen molar-refractivity contribution in [3.05, 3.63) is 0 Å². The van der Waals surface area contributed by atoms with Gasteiger partial charge < -0.3 is 5.11 Å². The quantitative estimate of drug-likeness (QED) is 0.593. The van der Waals surface area contributed by atoms with Crippen LogP contribution in [0.4, 0.5) is 4.39 Å². The van der Waals surface area contributed by atoms with Crippen molar-refractivity contribution in [2.75, 3.05) is 0 Å². The van der Waals surface area contributed by atoms with Gasteiger partial charge in [-0.2, -0.15) is 0 Å². The van der Waals surface area contributed by atoms with Gasteiger partial charge in [-0.05, 0) is 6.42 Å². The highest BCUT2D eigenvalue weighted by Crippen LogP contribution is 2.07. The molecule has 0 fully saturated rings. The molecule has 0 spiro atoms. The van der Waals surface area contributed by atoms with Crippen LogP contribution in [0.3, 0.4) is 0 Å². The number of alkyl halides is 1. The Bertz CT molecular complexity index is 117. The van der Waals surface area contributed by atoms with Crippen LogP contribution in [0.5, 0.6) is 0 Å². The zero-order valence-corrected chi connectivity index (χ0v) is 6.18. The van der Waals surface area contributed by atoms with E-state index in [-0.39, 0.29) is 0 Å². The lowest BCUT2D eigenvalue weighted by Crippen LogP contribution is -2.19. The van der Waals surface area contributed by atoms with Crippen LogP contribution < -0.4 is 0 Å². The van der Waals surface area contributed by atoms with Gasteiger partial charge in [-0.15, -0.1) is 6.42 Å². The van der Waals surface area contributed by atoms with Gasteiger partial charge in [-0.1, -0.05) is 25.7 Å². The maximum Gasteiger partial charge on any atom is 0.145 e. The van der Waals surface area contributed by atoms with E-state index < -0.39 is 12.3 Å². The summed E-state index contributed by atoms with van der Waals surface area (Å²) < 4.78 is 12.6. The van der Waals surface area contributed by atoms with Crippen LogP contribution in [0.25, 0.3) is 0 Å². The van der Waals surface area contributed by atoms with E-state index in [9.17, 15) is 4.39 Å². The summed E-state index contributed by atoms with van der Waals surface area (Å²) in [5.74, 6) is 1.95. The van der Waals surface area contributed by atoms with Crippen molar-refractivity contribution < 1.29 is 9.50 Å². The zero-order valence-electron chi connectivity index (χ0n) is 6.18. The Morgan fingerprint density at radius 2 is 2.30 bits per heavy atom. The molecule has 2 heteroatoms. The fourth-order valence-corrected chi connectivity index (χ4v) is 0.661. The number of aliphatic hydroxyl groups is 1. The second kappa shape index (κ2) is 5.25. The zero-order chi connectivity index (χ0) is 7.98. The number of unbranched alkanes of at least 4 members (excludes halogenated alkanes) is 1. The molecule has 0 aliphatic carbocycles. The van der Waals surface area contributed by atoms with Crippen LogP contribution in [0.15, 0.2) is 0 Å². The van der Waals surface area contributed by atoms with Crippen molar-refractivity contribution in [3.63, 3.8) is 0 Å². The van der Waals surface area contributed by atoms with Gasteiger partial charge in [0.15, 0.2) is 0 Å². The molecule has 1 N–H and O–H groups in total. The monoisotopic (exact) mass is 144 g/mol. The number of hydrogen-bond donors (Lipinski definition) is 1. The van der Waals surface area contributed by atoms with E-state index >= 15 is 0 Å². The Hall–Kier alpha value is -0.550. The van der Waals surface area contributed by atoms with Crippen molar-refractivity contribution in [1.29, 1.82) is 0 Å². The van der Waals surface area contributed by atoms with Crippen molar-refractivity contribution in [2.24, 2.45) is 0 Å². The summed E-state index contributed by atoms with van der Waals surface area (Å²) in [6.45, 7) is 1.97. The SMILES string of the molecule is C#CC(O)C(F)CCCC. The summed E-state index contributed by atoms with van der Waals surface area (Å²) in [4.78, 5) is 0. The van der Waals surface area contributed by atoms with E-state index in [1.54, 1.807) is 0 Å². The highest BCUT2D eigenvalue weighted by molar-refractivity contribution is 4.97. The Morgan fingerprint density at radius 1 is 1.70 bits per heavy atom. The lowest BCUT2D eigenvalue weighted by molar-refractivity contribution is 0.116. The number of terminal acetylenes is 1. The van der Waals surface area contributed by atoms with Crippen molar-refractivity contribution in [3.8, 4) is 12.3 Å². The van der Waals surface area contributed by atoms with Crippen molar-refractivity contribution in [2.45, 2.75) is 38.5 Å². The lowest BCUT2D eigenvalue weighted by atomic mass is 10.1. The molecule has 2 unspecified atom stereocenters. The van der Waals surface area contributed by atoms with E-state index in [0.29, 0.717) is 6.42 Å². The normalized spacial score (nSPS) is 15.8. The highest BCUT2D eigenvalue weighted by Gasteiger charge is 2.13. The molecule has 0 aromatic carbocycles. The van der Waals surface area contributed by atoms with Crippen LogP contribution in [0, 0.1) is 12.3 Å². The van der Waals surface area contributed by atoms with Gasteiger partial charge in [0, 0.05) is 0 Å². The topological polar surface area (TPSA) is 20.2 Å². The van der Waals surface area contributed by atoms with Gasteiger partial charge >= 0.3 is 0 Å². The van der Waals surface area contributed by atoms with Gasteiger partial charge in [0.1, 0.15) is 12.3 Å². The summed E-state index contributed by atoms with van der Waals surface area (Å²) in [6.07, 6.45) is 4.41. The average Bonchev–Trinajstić information content (AvgIpc) is 1.98. The molecular weight excluding hydrogens is 131 g/mol. The first-order valence-corrected chi connectivity index (χ1v) is 3.50. The summed E-state index contributed by atoms with van der Waals surface area (Å²) in [5.41, 5.74) is 0. The number of halogens is 1. The van der Waals surface area contributed by atoms with E-state index in [1.165, 1.54) is 0 Å². The minimum atomic E-state index is -1.25. The van der Waals surface area contributed by atoms with Crippen LogP contribution in [0.2, 0.25) is 0 Å². The molecule has 2 atom stereocenters. The van der Waals surface area contributed by atoms with Crippen LogP contribution in [-0.4, -0.2) is 17.4 Å². The van der Waals surface area contributed by atoms with Crippen LogP contribution >= 0.6 is 0 Å². The molecule has 0 aliphatic rings. The molecule has 0 saturated carbocycles. The molecular formula is C8H13FO. The lowest BCUT2D eigenvalue weighted by Gasteiger charge is -2.08. The molecule has 0 saturated heterocycles. The predicted molar refractivity (Wildman–Crippen MR) is 39.3 cm³/mol. The summed E-state index contributed by atoms with van der Waals surface area (Å²) in [7, 11) is 0. The van der Waals surface area contributed by atoms with Gasteiger partial charge in [0.2, 0.25) is 0 Å². The Balaban J connectivity index is 3.43. The molecule has 0 aromatic rings. The first-order chi connectivity index (χ1) is 4.72. The number of rotatable bonds is 4. The maximum atomic E-state index is 12.6. The predicted octanol–water partition coefficient (Wildman–Crippen LogP) is 1.51. The van der Waals surface area contributed by atoms with E-state index in [2.05, 4.69) is 0 Å². The fourth-order valence-electron chi connectivity index (χ4n) is 0.661. The summed E-state index contributed by atoms with van der Waals surface area (Å²) in [5, 5.41) is 8.74. The third kappa shape index (κ3) is 3.47. The molecule has 0 bridgehead atoms. The molecule has 10 heavy (non-hydrogen) atoms. The van der Waals surface area contributed by atoms with E-state index in [0.717, 1.165) is 12.8 Å². The summed E-state index contributed by atoms with van der Waals surface area (Å²) in [6, 6.07) is 0. The first kappa shape index (κ1) is 9.45. The Labute approximate surface area is 61.3 Å². The molecule has 0 aromatic heterocycles. The van der Waals surface area contributed by atoms with Crippen molar-refractivity contribution >= 4 is 0 Å². The maximum absolute atomic E-state index is 12.6. The molecule has 0 rings (SSSR count). The average molecular weight is 144 g/mol. The highest BCUT2D eigenvalue weighted by atomic mass is 19.1. The third-order valence-electron chi connectivity index (χ3n) is 1.35. The smallest absolute Gasteiger partial charge is 0.145 e. The molecule has 1 nitrogen and oxygen atoms in total. The summed E-state index contributed by atoms with van der Waals surface area (Å²) >= 11 is 0. The minimum absolute atomic E-state index is 0.363. The largest absolute Gasteiger partial charge is 0.377 e. The third-order valence-corrected chi connectivity index (χ3v) is 1.35. The Kier molecular flexibility index (Phi) is 4.96. The van der Waals surface area contributed by atoms with E-state index in [4.69, 9.17) is 11.5 Å². The van der Waals surface area contributed by atoms with E-state index in [1.807, 2.05) is 12.8 Å². The molecule has 58 valence electrons. The van der Waals surface area contributed by atoms with Crippen LogP contribution in [0.1, 0.15) is 26.2 Å². The standard InChI is InChI=1S/C8H13FO/c1-3-5-6-7(9)8(10)4-2/h2,7-8,10H,3,5-6H2,1H3. The first-order valence-electron chi connectivity index (χ1n) is 3.50. The molecule has 0 radical (unpaired) electrons. The Morgan fingerprint density at radius 3 is 2.70 bits per heavy atom. The number of aliphatic hydroxyl groups excluding tert-OH is 1. The molecule has 0 aliphatic heterocycles. The van der Waals surface area contributed by atoms with Crippen LogP contribution in [-0.2, 0) is 0 Å². The minimum Gasteiger partial charge on any atom is -0.377 e. The van der Waals surface area contributed by atoms with Gasteiger partial charge in [0.05, 0.1) is 0 Å². The second-order valence-corrected chi connectivity index (χ2v) is 2.27. The van der Waals surface area contributed by atoms with Gasteiger partial charge in [-0.25, -0.2) is 4.39 Å². The molecule has 0 amide bonds.